The fourth-order valence-electron chi connectivity index (χ4n) is 2.86. The van der Waals surface area contributed by atoms with Gasteiger partial charge in [-0.3, -0.25) is 4.79 Å². The van der Waals surface area contributed by atoms with Gasteiger partial charge in [-0.25, -0.2) is 19.9 Å². The summed E-state index contributed by atoms with van der Waals surface area (Å²) in [6, 6.07) is 3.55. The summed E-state index contributed by atoms with van der Waals surface area (Å²) >= 11 is 0. The molecule has 1 amide bonds. The molecule has 0 aliphatic carbocycles. The SMILES string of the molecule is CCCCNc1nc(C)cc(C(=O)N2CCN(c3ncccn3)CC2)n1. The first-order valence-electron chi connectivity index (χ1n) is 9.08. The lowest BCUT2D eigenvalue weighted by molar-refractivity contribution is 0.0740. The van der Waals surface area contributed by atoms with E-state index >= 15 is 0 Å². The molecule has 0 radical (unpaired) electrons. The number of amides is 1. The number of anilines is 2. The van der Waals surface area contributed by atoms with Crippen molar-refractivity contribution in [2.75, 3.05) is 42.9 Å². The van der Waals surface area contributed by atoms with Crippen molar-refractivity contribution in [3.63, 3.8) is 0 Å². The van der Waals surface area contributed by atoms with Crippen LogP contribution in [0.15, 0.2) is 24.5 Å². The average Bonchev–Trinajstić information content (AvgIpc) is 2.68. The number of nitrogens with zero attached hydrogens (tertiary/aromatic N) is 6. The van der Waals surface area contributed by atoms with E-state index in [2.05, 4.69) is 37.1 Å². The van der Waals surface area contributed by atoms with Gasteiger partial charge in [-0.2, -0.15) is 0 Å². The Morgan fingerprint density at radius 1 is 1.15 bits per heavy atom. The molecule has 8 heteroatoms. The quantitative estimate of drug-likeness (QED) is 0.790. The second-order valence-corrected chi connectivity index (χ2v) is 6.33. The summed E-state index contributed by atoms with van der Waals surface area (Å²) in [6.07, 6.45) is 5.61. The van der Waals surface area contributed by atoms with Gasteiger partial charge in [-0.05, 0) is 25.5 Å². The Morgan fingerprint density at radius 2 is 1.88 bits per heavy atom. The standard InChI is InChI=1S/C18H25N7O/c1-3-4-6-19-17-22-14(2)13-15(23-17)16(26)24-9-11-25(12-10-24)18-20-7-5-8-21-18/h5,7-8,13H,3-4,6,9-12H2,1-2H3,(H,19,22,23). The maximum Gasteiger partial charge on any atom is 0.272 e. The normalized spacial score (nSPS) is 14.4. The number of unbranched alkanes of at least 4 members (excludes halogenated alkanes) is 1. The van der Waals surface area contributed by atoms with E-state index in [0.717, 1.165) is 25.1 Å². The van der Waals surface area contributed by atoms with E-state index in [-0.39, 0.29) is 5.91 Å². The molecule has 1 aliphatic rings. The third-order valence-corrected chi connectivity index (χ3v) is 4.29. The van der Waals surface area contributed by atoms with Crippen molar-refractivity contribution in [2.45, 2.75) is 26.7 Å². The predicted molar refractivity (Wildman–Crippen MR) is 100 cm³/mol. The molecule has 3 heterocycles. The van der Waals surface area contributed by atoms with Crippen molar-refractivity contribution in [2.24, 2.45) is 0 Å². The largest absolute Gasteiger partial charge is 0.354 e. The highest BCUT2D eigenvalue weighted by atomic mass is 16.2. The van der Waals surface area contributed by atoms with Crippen molar-refractivity contribution in [3.05, 3.63) is 35.9 Å². The molecule has 1 fully saturated rings. The van der Waals surface area contributed by atoms with Crippen molar-refractivity contribution in [1.29, 1.82) is 0 Å². The van der Waals surface area contributed by atoms with E-state index in [9.17, 15) is 4.79 Å². The summed E-state index contributed by atoms with van der Waals surface area (Å²) in [5, 5.41) is 3.20. The highest BCUT2D eigenvalue weighted by Gasteiger charge is 2.24. The molecule has 0 saturated carbocycles. The number of aromatic nitrogens is 4. The minimum absolute atomic E-state index is 0.0531. The first-order valence-corrected chi connectivity index (χ1v) is 9.08. The molecule has 0 atom stereocenters. The lowest BCUT2D eigenvalue weighted by Gasteiger charge is -2.34. The van der Waals surface area contributed by atoms with Gasteiger partial charge in [0.25, 0.3) is 5.91 Å². The van der Waals surface area contributed by atoms with Gasteiger partial charge in [0.15, 0.2) is 0 Å². The average molecular weight is 355 g/mol. The number of hydrogen-bond donors (Lipinski definition) is 1. The van der Waals surface area contributed by atoms with Crippen LogP contribution >= 0.6 is 0 Å². The van der Waals surface area contributed by atoms with Crippen LogP contribution in [0.1, 0.15) is 35.9 Å². The van der Waals surface area contributed by atoms with E-state index in [0.29, 0.717) is 43.8 Å². The molecule has 3 rings (SSSR count). The first-order chi connectivity index (χ1) is 12.7. The molecule has 138 valence electrons. The Labute approximate surface area is 153 Å². The number of piperazine rings is 1. The zero-order valence-electron chi connectivity index (χ0n) is 15.4. The Hall–Kier alpha value is -2.77. The first kappa shape index (κ1) is 18.0. The van der Waals surface area contributed by atoms with Crippen molar-refractivity contribution < 1.29 is 4.79 Å². The summed E-state index contributed by atoms with van der Waals surface area (Å²) in [5.41, 5.74) is 1.24. The maximum atomic E-state index is 12.8. The molecule has 26 heavy (non-hydrogen) atoms. The van der Waals surface area contributed by atoms with Crippen LogP contribution in [0, 0.1) is 6.92 Å². The van der Waals surface area contributed by atoms with E-state index in [1.54, 1.807) is 24.5 Å². The number of nitrogens with one attached hydrogen (secondary N) is 1. The third-order valence-electron chi connectivity index (χ3n) is 4.29. The lowest BCUT2D eigenvalue weighted by atomic mass is 10.2. The number of carbonyl (C=O) groups excluding carboxylic acids is 1. The van der Waals surface area contributed by atoms with Gasteiger partial charge in [-0.1, -0.05) is 13.3 Å². The van der Waals surface area contributed by atoms with Crippen LogP contribution in [0.5, 0.6) is 0 Å². The smallest absolute Gasteiger partial charge is 0.272 e. The van der Waals surface area contributed by atoms with Crippen LogP contribution in [-0.4, -0.2) is 63.5 Å². The summed E-state index contributed by atoms with van der Waals surface area (Å²) < 4.78 is 0. The topological polar surface area (TPSA) is 87.1 Å². The van der Waals surface area contributed by atoms with Gasteiger partial charge in [0.2, 0.25) is 11.9 Å². The monoisotopic (exact) mass is 355 g/mol. The Bertz CT molecular complexity index is 730. The van der Waals surface area contributed by atoms with E-state index in [4.69, 9.17) is 0 Å². The molecule has 0 spiro atoms. The summed E-state index contributed by atoms with van der Waals surface area (Å²) in [4.78, 5) is 34.1. The van der Waals surface area contributed by atoms with Crippen LogP contribution in [0.25, 0.3) is 0 Å². The number of hydrogen-bond acceptors (Lipinski definition) is 7. The Balaban J connectivity index is 1.63. The van der Waals surface area contributed by atoms with Gasteiger partial charge in [0.1, 0.15) is 5.69 Å². The van der Waals surface area contributed by atoms with Gasteiger partial charge in [0, 0.05) is 50.8 Å². The molecule has 2 aromatic rings. The van der Waals surface area contributed by atoms with E-state index in [1.165, 1.54) is 0 Å². The molecule has 2 aromatic heterocycles. The molecule has 0 unspecified atom stereocenters. The molecule has 1 N–H and O–H groups in total. The molecule has 0 bridgehead atoms. The van der Waals surface area contributed by atoms with Crippen LogP contribution in [0.3, 0.4) is 0 Å². The van der Waals surface area contributed by atoms with Gasteiger partial charge < -0.3 is 15.1 Å². The predicted octanol–water partition coefficient (Wildman–Crippen LogP) is 1.75. The zero-order valence-corrected chi connectivity index (χ0v) is 15.4. The Morgan fingerprint density at radius 3 is 2.58 bits per heavy atom. The lowest BCUT2D eigenvalue weighted by Crippen LogP contribution is -2.49. The Kier molecular flexibility index (Phi) is 5.93. The fraction of sp³-hybridized carbons (Fsp3) is 0.500. The third kappa shape index (κ3) is 4.44. The minimum atomic E-state index is -0.0531. The molecule has 1 saturated heterocycles. The van der Waals surface area contributed by atoms with Gasteiger partial charge >= 0.3 is 0 Å². The molecule has 8 nitrogen and oxygen atoms in total. The molecular formula is C18H25N7O. The zero-order chi connectivity index (χ0) is 18.4. The van der Waals surface area contributed by atoms with Crippen molar-refractivity contribution in [3.8, 4) is 0 Å². The number of aryl methyl sites for hydroxylation is 1. The fourth-order valence-corrected chi connectivity index (χ4v) is 2.86. The van der Waals surface area contributed by atoms with Crippen LogP contribution < -0.4 is 10.2 Å². The van der Waals surface area contributed by atoms with Crippen molar-refractivity contribution in [1.82, 2.24) is 24.8 Å². The molecular weight excluding hydrogens is 330 g/mol. The van der Waals surface area contributed by atoms with Gasteiger partial charge in [0.05, 0.1) is 0 Å². The maximum absolute atomic E-state index is 12.8. The second-order valence-electron chi connectivity index (χ2n) is 6.33. The second kappa shape index (κ2) is 8.55. The summed E-state index contributed by atoms with van der Waals surface area (Å²) in [6.45, 7) is 7.49. The molecule has 1 aliphatic heterocycles. The molecule has 0 aromatic carbocycles. The van der Waals surface area contributed by atoms with E-state index in [1.807, 2.05) is 11.8 Å². The van der Waals surface area contributed by atoms with Crippen LogP contribution in [0.4, 0.5) is 11.9 Å². The van der Waals surface area contributed by atoms with Crippen molar-refractivity contribution >= 4 is 17.8 Å². The van der Waals surface area contributed by atoms with E-state index < -0.39 is 0 Å². The summed E-state index contributed by atoms with van der Waals surface area (Å²) in [5.74, 6) is 1.18. The number of rotatable bonds is 6. The van der Waals surface area contributed by atoms with Gasteiger partial charge in [-0.15, -0.1) is 0 Å². The highest BCUT2D eigenvalue weighted by Crippen LogP contribution is 2.13. The number of carbonyl (C=O) groups is 1. The highest BCUT2D eigenvalue weighted by molar-refractivity contribution is 5.92. The minimum Gasteiger partial charge on any atom is -0.354 e. The summed E-state index contributed by atoms with van der Waals surface area (Å²) in [7, 11) is 0. The van der Waals surface area contributed by atoms with Crippen LogP contribution in [-0.2, 0) is 0 Å². The van der Waals surface area contributed by atoms with Crippen LogP contribution in [0.2, 0.25) is 0 Å².